The van der Waals surface area contributed by atoms with Gasteiger partial charge in [-0.15, -0.1) is 0 Å². The molecule has 0 aliphatic heterocycles. The van der Waals surface area contributed by atoms with Crippen molar-refractivity contribution in [2.45, 2.75) is 0 Å². The minimum absolute atomic E-state index is 1.17. The summed E-state index contributed by atoms with van der Waals surface area (Å²) in [6, 6.07) is 57.7. The molecule has 0 unspecified atom stereocenters. The molecule has 44 heavy (non-hydrogen) atoms. The van der Waals surface area contributed by atoms with Gasteiger partial charge in [0.25, 0.3) is 0 Å². The molecule has 0 atom stereocenters. The van der Waals surface area contributed by atoms with Crippen LogP contribution >= 0.6 is 0 Å². The lowest BCUT2D eigenvalue weighted by atomic mass is 9.95. The van der Waals surface area contributed by atoms with E-state index < -0.39 is 0 Å². The van der Waals surface area contributed by atoms with Crippen molar-refractivity contribution in [1.82, 2.24) is 9.13 Å². The first-order chi connectivity index (χ1) is 21.9. The number of benzene rings is 8. The van der Waals surface area contributed by atoms with Crippen molar-refractivity contribution in [3.8, 4) is 11.4 Å². The Kier molecular flexibility index (Phi) is 4.75. The molecule has 0 saturated carbocycles. The third-order valence-electron chi connectivity index (χ3n) is 9.46. The summed E-state index contributed by atoms with van der Waals surface area (Å²) < 4.78 is 4.90. The molecule has 2 heterocycles. The molecule has 0 amide bonds. The highest BCUT2D eigenvalue weighted by atomic mass is 15.0. The van der Waals surface area contributed by atoms with Crippen molar-refractivity contribution >= 4 is 75.9 Å². The molecule has 0 spiro atoms. The van der Waals surface area contributed by atoms with Crippen LogP contribution in [0.1, 0.15) is 0 Å². The lowest BCUT2D eigenvalue weighted by Gasteiger charge is -2.13. The maximum absolute atomic E-state index is 2.51. The molecule has 2 nitrogen and oxygen atoms in total. The van der Waals surface area contributed by atoms with Crippen molar-refractivity contribution in [2.24, 2.45) is 0 Å². The number of hydrogen-bond donors (Lipinski definition) is 0. The van der Waals surface area contributed by atoms with Gasteiger partial charge in [-0.05, 0) is 69.4 Å². The topological polar surface area (TPSA) is 9.86 Å². The average molecular weight is 559 g/mol. The minimum atomic E-state index is 1.17. The fourth-order valence-electron chi connectivity index (χ4n) is 7.66. The van der Waals surface area contributed by atoms with E-state index >= 15 is 0 Å². The van der Waals surface area contributed by atoms with Crippen LogP contribution < -0.4 is 0 Å². The van der Waals surface area contributed by atoms with Crippen molar-refractivity contribution < 1.29 is 0 Å². The van der Waals surface area contributed by atoms with Crippen LogP contribution in [0.5, 0.6) is 0 Å². The second kappa shape index (κ2) is 8.82. The summed E-state index contributed by atoms with van der Waals surface area (Å²) in [7, 11) is 0. The van der Waals surface area contributed by atoms with Crippen LogP contribution in [-0.4, -0.2) is 9.13 Å². The minimum Gasteiger partial charge on any atom is -0.309 e. The summed E-state index contributed by atoms with van der Waals surface area (Å²) in [5, 5.41) is 12.8. The Labute approximate surface area is 253 Å². The Morgan fingerprint density at radius 3 is 1.70 bits per heavy atom. The highest BCUT2D eigenvalue weighted by molar-refractivity contribution is 6.35. The van der Waals surface area contributed by atoms with Gasteiger partial charge in [0.1, 0.15) is 0 Å². The predicted octanol–water partition coefficient (Wildman–Crippen LogP) is 11.3. The van der Waals surface area contributed by atoms with Gasteiger partial charge in [-0.3, -0.25) is 0 Å². The summed E-state index contributed by atoms with van der Waals surface area (Å²) in [6.45, 7) is 0. The molecule has 10 rings (SSSR count). The molecule has 10 aromatic rings. The summed E-state index contributed by atoms with van der Waals surface area (Å²) in [4.78, 5) is 0. The van der Waals surface area contributed by atoms with E-state index in [-0.39, 0.29) is 0 Å². The van der Waals surface area contributed by atoms with E-state index in [1.807, 2.05) is 0 Å². The fraction of sp³-hybridized carbons (Fsp3) is 0. The SMILES string of the molecule is c1ccc(-n2c3ccccc3c3cc(-n4c5ccc6ccccc6c5c5c6ccccc6c6ccccc6c54)ccc32)cc1. The van der Waals surface area contributed by atoms with Gasteiger partial charge >= 0.3 is 0 Å². The maximum Gasteiger partial charge on any atom is 0.0626 e. The van der Waals surface area contributed by atoms with E-state index in [1.54, 1.807) is 0 Å². The zero-order valence-electron chi connectivity index (χ0n) is 23.9. The Hall–Kier alpha value is -5.86. The molecule has 0 N–H and O–H groups in total. The first kappa shape index (κ1) is 23.7. The molecule has 0 aliphatic rings. The van der Waals surface area contributed by atoms with Gasteiger partial charge < -0.3 is 9.13 Å². The molecule has 2 heteroatoms. The molecule has 0 radical (unpaired) electrons. The van der Waals surface area contributed by atoms with Crippen LogP contribution in [0.25, 0.3) is 87.3 Å². The molecule has 0 saturated heterocycles. The first-order valence-electron chi connectivity index (χ1n) is 15.2. The molecule has 2 aromatic heterocycles. The van der Waals surface area contributed by atoms with Crippen molar-refractivity contribution in [1.29, 1.82) is 0 Å². The highest BCUT2D eigenvalue weighted by Crippen LogP contribution is 2.45. The van der Waals surface area contributed by atoms with Crippen LogP contribution in [0.2, 0.25) is 0 Å². The van der Waals surface area contributed by atoms with Crippen LogP contribution in [-0.2, 0) is 0 Å². The van der Waals surface area contributed by atoms with E-state index in [0.29, 0.717) is 0 Å². The number of hydrogen-bond acceptors (Lipinski definition) is 0. The first-order valence-corrected chi connectivity index (χ1v) is 15.2. The van der Waals surface area contributed by atoms with Gasteiger partial charge in [0.05, 0.1) is 22.1 Å². The number of fused-ring (bicyclic) bond motifs is 13. The van der Waals surface area contributed by atoms with Crippen LogP contribution in [0.3, 0.4) is 0 Å². The Morgan fingerprint density at radius 2 is 0.886 bits per heavy atom. The molecular formula is C42H26N2. The Bertz CT molecular complexity index is 2760. The van der Waals surface area contributed by atoms with Gasteiger partial charge in [-0.1, -0.05) is 115 Å². The quantitative estimate of drug-likeness (QED) is 0.187. The molecular weight excluding hydrogens is 532 g/mol. The molecule has 0 fully saturated rings. The van der Waals surface area contributed by atoms with Gasteiger partial charge in [0.15, 0.2) is 0 Å². The fourth-order valence-corrected chi connectivity index (χ4v) is 7.66. The van der Waals surface area contributed by atoms with Crippen molar-refractivity contribution in [2.75, 3.05) is 0 Å². The zero-order valence-corrected chi connectivity index (χ0v) is 23.9. The van der Waals surface area contributed by atoms with Crippen LogP contribution in [0, 0.1) is 0 Å². The molecule has 8 aromatic carbocycles. The average Bonchev–Trinajstić information content (AvgIpc) is 3.62. The monoisotopic (exact) mass is 558 g/mol. The van der Waals surface area contributed by atoms with Crippen molar-refractivity contribution in [3.63, 3.8) is 0 Å². The van der Waals surface area contributed by atoms with Crippen molar-refractivity contribution in [3.05, 3.63) is 158 Å². The van der Waals surface area contributed by atoms with E-state index in [2.05, 4.69) is 167 Å². The largest absolute Gasteiger partial charge is 0.309 e. The Morgan fingerprint density at radius 1 is 0.295 bits per heavy atom. The van der Waals surface area contributed by atoms with Gasteiger partial charge in [0, 0.05) is 38.3 Å². The van der Waals surface area contributed by atoms with E-state index in [4.69, 9.17) is 0 Å². The lowest BCUT2D eigenvalue weighted by Crippen LogP contribution is -1.96. The number of rotatable bonds is 2. The van der Waals surface area contributed by atoms with Crippen LogP contribution in [0.4, 0.5) is 0 Å². The second-order valence-electron chi connectivity index (χ2n) is 11.7. The molecule has 0 bridgehead atoms. The number of nitrogens with zero attached hydrogens (tertiary/aromatic N) is 2. The number of para-hydroxylation sites is 2. The van der Waals surface area contributed by atoms with E-state index in [9.17, 15) is 0 Å². The van der Waals surface area contributed by atoms with Crippen LogP contribution in [0.15, 0.2) is 158 Å². The summed E-state index contributed by atoms with van der Waals surface area (Å²) >= 11 is 0. The van der Waals surface area contributed by atoms with E-state index in [1.165, 1.54) is 87.3 Å². The molecule has 204 valence electrons. The highest BCUT2D eigenvalue weighted by Gasteiger charge is 2.21. The smallest absolute Gasteiger partial charge is 0.0626 e. The summed E-state index contributed by atoms with van der Waals surface area (Å²) in [5.41, 5.74) is 7.26. The maximum atomic E-state index is 2.51. The summed E-state index contributed by atoms with van der Waals surface area (Å²) in [6.07, 6.45) is 0. The lowest BCUT2D eigenvalue weighted by molar-refractivity contribution is 1.17. The van der Waals surface area contributed by atoms with E-state index in [0.717, 1.165) is 0 Å². The third kappa shape index (κ3) is 3.09. The predicted molar refractivity (Wildman–Crippen MR) is 188 cm³/mol. The Balaban J connectivity index is 1.42. The standard InChI is InChI=1S/C42H26N2/c1-2-13-28(14-3-1)43-37-21-11-10-18-33(37)36-26-29(23-25-38(36)43)44-39-24-22-27-12-4-5-15-30(27)40(39)41-34-19-8-6-16-31(34)32-17-7-9-20-35(32)42(41)44/h1-26H. The van der Waals surface area contributed by atoms with Gasteiger partial charge in [0.2, 0.25) is 0 Å². The third-order valence-corrected chi connectivity index (χ3v) is 9.46. The van der Waals surface area contributed by atoms with Gasteiger partial charge in [-0.2, -0.15) is 0 Å². The molecule has 0 aliphatic carbocycles. The number of aromatic nitrogens is 2. The normalized spacial score (nSPS) is 12.1. The van der Waals surface area contributed by atoms with Gasteiger partial charge in [-0.25, -0.2) is 0 Å². The second-order valence-corrected chi connectivity index (χ2v) is 11.7. The summed E-state index contributed by atoms with van der Waals surface area (Å²) in [5.74, 6) is 0. The zero-order chi connectivity index (χ0) is 28.8.